The van der Waals surface area contributed by atoms with Crippen molar-refractivity contribution in [2.75, 3.05) is 26.0 Å². The van der Waals surface area contributed by atoms with Crippen LogP contribution in [-0.4, -0.2) is 47.3 Å². The quantitative estimate of drug-likeness (QED) is 0.719. The third kappa shape index (κ3) is 4.28. The number of anilines is 2. The monoisotopic (exact) mass is 374 g/mol. The Balaban J connectivity index is 1.86. The number of rotatable bonds is 6. The molecule has 1 aliphatic carbocycles. The summed E-state index contributed by atoms with van der Waals surface area (Å²) in [4.78, 5) is 14.1. The summed E-state index contributed by atoms with van der Waals surface area (Å²) in [6.45, 7) is 0.557. The molecule has 1 aromatic carbocycles. The zero-order chi connectivity index (χ0) is 19.6. The summed E-state index contributed by atoms with van der Waals surface area (Å²) >= 11 is 0. The number of hydrogen-bond acceptors (Lipinski definition) is 5. The van der Waals surface area contributed by atoms with Crippen LogP contribution in [-0.2, 0) is 0 Å². The van der Waals surface area contributed by atoms with E-state index in [1.807, 2.05) is 4.68 Å². The van der Waals surface area contributed by atoms with Crippen LogP contribution in [0.5, 0.6) is 0 Å². The highest BCUT2D eigenvalue weighted by atomic mass is 19.1. The number of primary amides is 1. The number of aromatic nitrogens is 2. The van der Waals surface area contributed by atoms with E-state index in [1.165, 1.54) is 12.1 Å². The molecule has 0 saturated heterocycles. The van der Waals surface area contributed by atoms with Crippen molar-refractivity contribution >= 4 is 17.4 Å². The third-order valence-corrected chi connectivity index (χ3v) is 5.39. The molecule has 146 valence electrons. The van der Waals surface area contributed by atoms with Crippen LogP contribution < -0.4 is 16.8 Å². The number of hydrogen-bond donors (Lipinski definition) is 3. The number of nitrogens with one attached hydrogen (secondary N) is 1. The number of halogens is 1. The average Bonchev–Trinajstić information content (AvgIpc) is 3.07. The van der Waals surface area contributed by atoms with E-state index < -0.39 is 5.91 Å². The zero-order valence-electron chi connectivity index (χ0n) is 15.7. The molecular formula is C19H27FN6O. The van der Waals surface area contributed by atoms with E-state index in [0.717, 1.165) is 19.3 Å². The fraction of sp³-hybridized carbons (Fsp3) is 0.474. The van der Waals surface area contributed by atoms with Crippen molar-refractivity contribution in [3.63, 3.8) is 0 Å². The van der Waals surface area contributed by atoms with Crippen molar-refractivity contribution in [1.29, 1.82) is 0 Å². The van der Waals surface area contributed by atoms with Crippen LogP contribution >= 0.6 is 0 Å². The second kappa shape index (κ2) is 8.06. The first-order chi connectivity index (χ1) is 12.9. The van der Waals surface area contributed by atoms with Gasteiger partial charge in [0, 0.05) is 17.9 Å². The van der Waals surface area contributed by atoms with Gasteiger partial charge in [-0.05, 0) is 70.1 Å². The summed E-state index contributed by atoms with van der Waals surface area (Å²) in [7, 11) is 4.17. The standard InChI is InChI=1S/C19H27FN6O/c1-25(2)15-7-8-17(12(9-15)10-21)26-11-16(18(22)27)19(24-26)23-14-5-3-13(20)4-6-14/h3-6,11-12,15,17H,7-10,21H2,1-2H3,(H2,22,27)(H,23,24)/t12-,15+,17+/m1/s1. The molecule has 1 amide bonds. The largest absolute Gasteiger partial charge is 0.365 e. The molecule has 1 aromatic heterocycles. The van der Waals surface area contributed by atoms with Crippen LogP contribution in [0, 0.1) is 11.7 Å². The van der Waals surface area contributed by atoms with E-state index in [9.17, 15) is 9.18 Å². The van der Waals surface area contributed by atoms with E-state index in [1.54, 1.807) is 18.3 Å². The molecule has 7 nitrogen and oxygen atoms in total. The highest BCUT2D eigenvalue weighted by Gasteiger charge is 2.33. The summed E-state index contributed by atoms with van der Waals surface area (Å²) in [5.41, 5.74) is 12.5. The van der Waals surface area contributed by atoms with Gasteiger partial charge in [-0.15, -0.1) is 0 Å². The molecule has 0 spiro atoms. The maximum atomic E-state index is 13.1. The van der Waals surface area contributed by atoms with Crippen LogP contribution in [0.15, 0.2) is 30.5 Å². The molecule has 8 heteroatoms. The molecule has 2 aromatic rings. The van der Waals surface area contributed by atoms with E-state index in [2.05, 4.69) is 29.4 Å². The number of carbonyl (C=O) groups excluding carboxylic acids is 1. The molecule has 1 aliphatic rings. The summed E-state index contributed by atoms with van der Waals surface area (Å²) < 4.78 is 14.9. The topological polar surface area (TPSA) is 102 Å². The third-order valence-electron chi connectivity index (χ3n) is 5.39. The Kier molecular flexibility index (Phi) is 5.76. The molecule has 3 rings (SSSR count). The van der Waals surface area contributed by atoms with Gasteiger partial charge in [0.15, 0.2) is 5.82 Å². The fourth-order valence-corrected chi connectivity index (χ4v) is 3.80. The first-order valence-corrected chi connectivity index (χ1v) is 9.17. The minimum absolute atomic E-state index is 0.119. The van der Waals surface area contributed by atoms with Gasteiger partial charge in [-0.1, -0.05) is 0 Å². The van der Waals surface area contributed by atoms with Crippen LogP contribution in [0.2, 0.25) is 0 Å². The lowest BCUT2D eigenvalue weighted by atomic mass is 9.81. The lowest BCUT2D eigenvalue weighted by Gasteiger charge is -2.38. The van der Waals surface area contributed by atoms with E-state index >= 15 is 0 Å². The molecule has 0 bridgehead atoms. The average molecular weight is 374 g/mol. The van der Waals surface area contributed by atoms with Crippen molar-refractivity contribution in [3.8, 4) is 0 Å². The van der Waals surface area contributed by atoms with Gasteiger partial charge in [-0.25, -0.2) is 4.39 Å². The molecular weight excluding hydrogens is 347 g/mol. The lowest BCUT2D eigenvalue weighted by molar-refractivity contribution is 0.1000. The predicted octanol–water partition coefficient (Wildman–Crippen LogP) is 2.09. The van der Waals surface area contributed by atoms with Gasteiger partial charge in [0.1, 0.15) is 11.4 Å². The number of amides is 1. The van der Waals surface area contributed by atoms with Crippen molar-refractivity contribution < 1.29 is 9.18 Å². The Morgan fingerprint density at radius 2 is 2.04 bits per heavy atom. The Bertz CT molecular complexity index is 788. The van der Waals surface area contributed by atoms with Crippen molar-refractivity contribution in [2.45, 2.75) is 31.3 Å². The maximum absolute atomic E-state index is 13.1. The second-order valence-corrected chi connectivity index (χ2v) is 7.36. The molecule has 1 saturated carbocycles. The van der Waals surface area contributed by atoms with Gasteiger partial charge < -0.3 is 21.7 Å². The van der Waals surface area contributed by atoms with Gasteiger partial charge in [0.25, 0.3) is 5.91 Å². The first kappa shape index (κ1) is 19.3. The fourth-order valence-electron chi connectivity index (χ4n) is 3.80. The highest BCUT2D eigenvalue weighted by molar-refractivity contribution is 5.98. The SMILES string of the molecule is CN(C)[C@H]1CC[C@H](n2cc(C(N)=O)c(Nc3ccc(F)cc3)n2)[C@@H](CN)C1. The van der Waals surface area contributed by atoms with Crippen molar-refractivity contribution in [2.24, 2.45) is 17.4 Å². The van der Waals surface area contributed by atoms with Crippen LogP contribution in [0.4, 0.5) is 15.9 Å². The van der Waals surface area contributed by atoms with Gasteiger partial charge in [-0.3, -0.25) is 9.48 Å². The molecule has 27 heavy (non-hydrogen) atoms. The zero-order valence-corrected chi connectivity index (χ0v) is 15.7. The number of nitrogens with zero attached hydrogens (tertiary/aromatic N) is 3. The molecule has 0 radical (unpaired) electrons. The molecule has 5 N–H and O–H groups in total. The first-order valence-electron chi connectivity index (χ1n) is 9.17. The van der Waals surface area contributed by atoms with Crippen LogP contribution in [0.3, 0.4) is 0 Å². The van der Waals surface area contributed by atoms with Crippen LogP contribution in [0.1, 0.15) is 35.7 Å². The van der Waals surface area contributed by atoms with Gasteiger partial charge in [0.05, 0.1) is 6.04 Å². The summed E-state index contributed by atoms with van der Waals surface area (Å²) in [5, 5.41) is 7.64. The maximum Gasteiger partial charge on any atom is 0.254 e. The molecule has 1 heterocycles. The summed E-state index contributed by atoms with van der Waals surface area (Å²) in [5.74, 6) is -0.244. The smallest absolute Gasteiger partial charge is 0.254 e. The Hall–Kier alpha value is -2.45. The molecule has 3 atom stereocenters. The minimum Gasteiger partial charge on any atom is -0.365 e. The number of carbonyl (C=O) groups is 1. The van der Waals surface area contributed by atoms with E-state index in [4.69, 9.17) is 11.5 Å². The second-order valence-electron chi connectivity index (χ2n) is 7.36. The Morgan fingerprint density at radius 3 is 2.63 bits per heavy atom. The summed E-state index contributed by atoms with van der Waals surface area (Å²) in [6.07, 6.45) is 4.65. The lowest BCUT2D eigenvalue weighted by Crippen LogP contribution is -2.40. The number of benzene rings is 1. The Labute approximate surface area is 158 Å². The van der Waals surface area contributed by atoms with Crippen LogP contribution in [0.25, 0.3) is 0 Å². The molecule has 0 aliphatic heterocycles. The van der Waals surface area contributed by atoms with E-state index in [-0.39, 0.29) is 17.8 Å². The Morgan fingerprint density at radius 1 is 1.33 bits per heavy atom. The minimum atomic E-state index is -0.558. The molecule has 1 fully saturated rings. The van der Waals surface area contributed by atoms with Gasteiger partial charge >= 0.3 is 0 Å². The highest BCUT2D eigenvalue weighted by Crippen LogP contribution is 2.36. The summed E-state index contributed by atoms with van der Waals surface area (Å²) in [6, 6.07) is 6.48. The normalized spacial score (nSPS) is 22.8. The molecule has 0 unspecified atom stereocenters. The predicted molar refractivity (Wildman–Crippen MR) is 103 cm³/mol. The van der Waals surface area contributed by atoms with Gasteiger partial charge in [-0.2, -0.15) is 5.10 Å². The number of nitrogens with two attached hydrogens (primary N) is 2. The van der Waals surface area contributed by atoms with E-state index in [0.29, 0.717) is 29.7 Å². The van der Waals surface area contributed by atoms with Crippen molar-refractivity contribution in [3.05, 3.63) is 41.8 Å². The van der Waals surface area contributed by atoms with Gasteiger partial charge in [0.2, 0.25) is 0 Å². The van der Waals surface area contributed by atoms with Crippen molar-refractivity contribution in [1.82, 2.24) is 14.7 Å².